The number of carbonyl (C=O) groups is 2. The maximum atomic E-state index is 14.3. The van der Waals surface area contributed by atoms with E-state index in [1.54, 1.807) is 32.0 Å². The molecule has 0 saturated heterocycles. The highest BCUT2D eigenvalue weighted by Gasteiger charge is 2.34. The Morgan fingerprint density at radius 2 is 1.69 bits per heavy atom. The first-order valence-corrected chi connectivity index (χ1v) is 9.39. The van der Waals surface area contributed by atoms with E-state index in [0.29, 0.717) is 11.8 Å². The third-order valence-corrected chi connectivity index (χ3v) is 5.01. The lowest BCUT2D eigenvalue weighted by atomic mass is 9.87. The number of aryl methyl sites for hydroxylation is 2. The summed E-state index contributed by atoms with van der Waals surface area (Å²) in [5, 5.41) is 21.5. The Morgan fingerprint density at radius 1 is 1.03 bits per heavy atom. The summed E-state index contributed by atoms with van der Waals surface area (Å²) in [5.41, 5.74) is -0.0540. The number of rotatable bonds is 6. The van der Waals surface area contributed by atoms with Crippen LogP contribution in [0.15, 0.2) is 64.7 Å². The second-order valence-corrected chi connectivity index (χ2v) is 7.12. The molecule has 9 heteroatoms. The van der Waals surface area contributed by atoms with Gasteiger partial charge < -0.3 is 10.3 Å². The van der Waals surface area contributed by atoms with E-state index in [0.717, 1.165) is 29.3 Å². The first kappa shape index (κ1) is 22.5. The normalized spacial score (nSPS) is 12.4. The number of hydrogen-bond acceptors (Lipinski definition) is 5. The molecule has 0 saturated carbocycles. The predicted molar refractivity (Wildman–Crippen MR) is 112 cm³/mol. The van der Waals surface area contributed by atoms with Crippen LogP contribution in [0.1, 0.15) is 33.0 Å². The molecule has 1 unspecified atom stereocenters. The van der Waals surface area contributed by atoms with E-state index in [4.69, 9.17) is 0 Å². The number of halogens is 2. The highest BCUT2D eigenvalue weighted by molar-refractivity contribution is 6.43. The summed E-state index contributed by atoms with van der Waals surface area (Å²) in [6.07, 6.45) is 1.25. The van der Waals surface area contributed by atoms with Crippen LogP contribution in [0.4, 0.5) is 8.78 Å². The first-order valence-electron chi connectivity index (χ1n) is 9.39. The zero-order valence-corrected chi connectivity index (χ0v) is 17.0. The molecule has 1 aromatic heterocycles. The van der Waals surface area contributed by atoms with Gasteiger partial charge in [0.15, 0.2) is 11.5 Å². The molecular weight excluding hydrogens is 422 g/mol. The molecule has 0 fully saturated rings. The van der Waals surface area contributed by atoms with Crippen LogP contribution in [-0.2, 0) is 4.79 Å². The molecule has 3 aromatic rings. The number of benzene rings is 2. The Bertz CT molecular complexity index is 1290. The van der Waals surface area contributed by atoms with Crippen LogP contribution >= 0.6 is 0 Å². The van der Waals surface area contributed by atoms with Gasteiger partial charge in [0.1, 0.15) is 17.6 Å². The van der Waals surface area contributed by atoms with E-state index in [-0.39, 0.29) is 5.56 Å². The fourth-order valence-electron chi connectivity index (χ4n) is 3.54. The predicted octanol–water partition coefficient (Wildman–Crippen LogP) is 3.61. The zero-order chi connectivity index (χ0) is 23.6. The van der Waals surface area contributed by atoms with E-state index < -0.39 is 46.1 Å². The molecule has 0 radical (unpaired) electrons. The van der Waals surface area contributed by atoms with Crippen molar-refractivity contribution in [1.29, 1.82) is 0 Å². The second-order valence-electron chi connectivity index (χ2n) is 7.12. The Balaban J connectivity index is 2.26. The molecule has 0 aliphatic heterocycles. The molecular formula is C23H18F2N2O5. The number of carboxylic acids is 1. The number of para-hydroxylation sites is 1. The number of hydrogen-bond donors (Lipinski definition) is 2. The molecule has 2 N–H and O–H groups in total. The number of aromatic nitrogens is 1. The van der Waals surface area contributed by atoms with Crippen LogP contribution in [0, 0.1) is 25.5 Å². The topological polar surface area (TPSA) is 109 Å². The Morgan fingerprint density at radius 3 is 2.25 bits per heavy atom. The summed E-state index contributed by atoms with van der Waals surface area (Å²) in [7, 11) is 0. The number of carboxylic acid groups (broad SMARTS) is 1. The van der Waals surface area contributed by atoms with Gasteiger partial charge in [0.05, 0.1) is 11.3 Å². The SMILES string of the molecule is Cc1cccc(C)c1-n1cc(C(C(=O)c2ccc(F)cc2F)/C(=N\O)C(=O)O)ccc1=O. The van der Waals surface area contributed by atoms with E-state index in [2.05, 4.69) is 5.16 Å². The molecule has 0 spiro atoms. The lowest BCUT2D eigenvalue weighted by molar-refractivity contribution is -0.129. The zero-order valence-electron chi connectivity index (χ0n) is 17.0. The molecule has 0 aliphatic rings. The minimum absolute atomic E-state index is 0.0313. The summed E-state index contributed by atoms with van der Waals surface area (Å²) < 4.78 is 28.8. The smallest absolute Gasteiger partial charge is 0.354 e. The molecule has 1 heterocycles. The molecule has 32 heavy (non-hydrogen) atoms. The highest BCUT2D eigenvalue weighted by atomic mass is 19.1. The van der Waals surface area contributed by atoms with Crippen molar-refractivity contribution in [3.8, 4) is 5.69 Å². The number of ketones is 1. The van der Waals surface area contributed by atoms with Crippen molar-refractivity contribution >= 4 is 17.5 Å². The van der Waals surface area contributed by atoms with Gasteiger partial charge in [-0.25, -0.2) is 13.6 Å². The van der Waals surface area contributed by atoms with Gasteiger partial charge in [-0.1, -0.05) is 29.4 Å². The van der Waals surface area contributed by atoms with Crippen LogP contribution in [0.25, 0.3) is 5.69 Å². The molecule has 2 aromatic carbocycles. The number of pyridine rings is 1. The van der Waals surface area contributed by atoms with Crippen molar-refractivity contribution < 1.29 is 28.7 Å². The monoisotopic (exact) mass is 440 g/mol. The molecule has 0 bridgehead atoms. The summed E-state index contributed by atoms with van der Waals surface area (Å²) in [6.45, 7) is 3.55. The minimum Gasteiger partial charge on any atom is -0.477 e. The molecule has 1 atom stereocenters. The van der Waals surface area contributed by atoms with Crippen LogP contribution in [0.5, 0.6) is 0 Å². The van der Waals surface area contributed by atoms with E-state index >= 15 is 0 Å². The van der Waals surface area contributed by atoms with Gasteiger partial charge >= 0.3 is 5.97 Å². The van der Waals surface area contributed by atoms with Crippen LogP contribution in [-0.4, -0.2) is 32.3 Å². The fraction of sp³-hybridized carbons (Fsp3) is 0.130. The number of nitrogens with zero attached hydrogens (tertiary/aromatic N) is 2. The van der Waals surface area contributed by atoms with Crippen molar-refractivity contribution in [2.45, 2.75) is 19.8 Å². The second kappa shape index (κ2) is 8.93. The van der Waals surface area contributed by atoms with E-state index in [1.165, 1.54) is 16.8 Å². The first-order chi connectivity index (χ1) is 15.1. The Labute approximate surface area is 180 Å². The summed E-state index contributed by atoms with van der Waals surface area (Å²) in [4.78, 5) is 37.4. The standard InChI is InChI=1S/C23H18F2N2O5/c1-12-4-3-5-13(2)21(12)27-11-14(6-9-18(27)28)19(20(26-32)23(30)31)22(29)16-8-7-15(24)10-17(16)25/h3-11,19,32H,1-2H3,(H,30,31)/b26-20+. The van der Waals surface area contributed by atoms with Crippen molar-refractivity contribution in [2.24, 2.45) is 5.16 Å². The molecule has 164 valence electrons. The van der Waals surface area contributed by atoms with Crippen molar-refractivity contribution in [3.63, 3.8) is 0 Å². The van der Waals surface area contributed by atoms with Crippen LogP contribution in [0.3, 0.4) is 0 Å². The minimum atomic E-state index is -1.77. The average Bonchev–Trinajstić information content (AvgIpc) is 2.72. The van der Waals surface area contributed by atoms with E-state index in [1.807, 2.05) is 0 Å². The van der Waals surface area contributed by atoms with Gasteiger partial charge in [-0.05, 0) is 42.7 Å². The van der Waals surface area contributed by atoms with Gasteiger partial charge in [-0.3, -0.25) is 14.2 Å². The largest absolute Gasteiger partial charge is 0.477 e. The maximum absolute atomic E-state index is 14.3. The summed E-state index contributed by atoms with van der Waals surface area (Å²) in [6, 6.07) is 9.88. The number of carbonyl (C=O) groups excluding carboxylic acids is 1. The Kier molecular flexibility index (Phi) is 6.29. The van der Waals surface area contributed by atoms with Crippen LogP contribution in [0.2, 0.25) is 0 Å². The lowest BCUT2D eigenvalue weighted by Gasteiger charge is -2.19. The molecule has 3 rings (SSSR count). The molecule has 0 aliphatic carbocycles. The van der Waals surface area contributed by atoms with Crippen molar-refractivity contribution in [2.75, 3.05) is 0 Å². The molecule has 7 nitrogen and oxygen atoms in total. The Hall–Kier alpha value is -4.14. The third-order valence-electron chi connectivity index (χ3n) is 5.01. The number of aliphatic carboxylic acids is 1. The van der Waals surface area contributed by atoms with Gasteiger partial charge in [-0.2, -0.15) is 0 Å². The van der Waals surface area contributed by atoms with E-state index in [9.17, 15) is 33.5 Å². The van der Waals surface area contributed by atoms with Gasteiger partial charge in [0.25, 0.3) is 5.56 Å². The number of oxime groups is 1. The van der Waals surface area contributed by atoms with Crippen molar-refractivity contribution in [1.82, 2.24) is 4.57 Å². The van der Waals surface area contributed by atoms with Gasteiger partial charge in [0.2, 0.25) is 0 Å². The third kappa shape index (κ3) is 4.18. The number of Topliss-reactive ketones (excluding diaryl/α,β-unsaturated/α-hetero) is 1. The lowest BCUT2D eigenvalue weighted by Crippen LogP contribution is -2.31. The quantitative estimate of drug-likeness (QED) is 0.263. The maximum Gasteiger partial charge on any atom is 0.354 e. The van der Waals surface area contributed by atoms with Gasteiger partial charge in [-0.15, -0.1) is 0 Å². The fourth-order valence-corrected chi connectivity index (χ4v) is 3.54. The molecule has 0 amide bonds. The van der Waals surface area contributed by atoms with Crippen LogP contribution < -0.4 is 5.56 Å². The highest BCUT2D eigenvalue weighted by Crippen LogP contribution is 2.26. The van der Waals surface area contributed by atoms with Crippen molar-refractivity contribution in [3.05, 3.63) is 99.0 Å². The average molecular weight is 440 g/mol. The van der Waals surface area contributed by atoms with Gasteiger partial charge in [0, 0.05) is 18.3 Å². The summed E-state index contributed by atoms with van der Waals surface area (Å²) in [5.74, 6) is -6.70. The summed E-state index contributed by atoms with van der Waals surface area (Å²) >= 11 is 0.